The minimum atomic E-state index is -0.443. The molecule has 2 atom stereocenters. The van der Waals surface area contributed by atoms with E-state index in [0.717, 1.165) is 5.76 Å². The summed E-state index contributed by atoms with van der Waals surface area (Å²) < 4.78 is 10.2. The van der Waals surface area contributed by atoms with E-state index in [9.17, 15) is 4.79 Å². The van der Waals surface area contributed by atoms with Crippen LogP contribution in [0.4, 0.5) is 0 Å². The van der Waals surface area contributed by atoms with Crippen molar-refractivity contribution in [3.8, 4) is 0 Å². The molecule has 76 valence electrons. The van der Waals surface area contributed by atoms with Crippen LogP contribution in [0.15, 0.2) is 24.0 Å². The molecule has 0 N–H and O–H groups in total. The molecule has 2 rings (SSSR count). The van der Waals surface area contributed by atoms with Crippen molar-refractivity contribution >= 4 is 5.97 Å². The molecule has 14 heavy (non-hydrogen) atoms. The maximum Gasteiger partial charge on any atom is 0.317 e. The Morgan fingerprint density at radius 1 is 1.71 bits per heavy atom. The van der Waals surface area contributed by atoms with Crippen molar-refractivity contribution in [2.75, 3.05) is 13.7 Å². The van der Waals surface area contributed by atoms with Crippen molar-refractivity contribution in [3.63, 3.8) is 0 Å². The maximum absolute atomic E-state index is 11.7. The van der Waals surface area contributed by atoms with E-state index in [2.05, 4.69) is 0 Å². The van der Waals surface area contributed by atoms with Gasteiger partial charge in [-0.2, -0.15) is 0 Å². The third-order valence-electron chi connectivity index (χ3n) is 2.95. The van der Waals surface area contributed by atoms with Crippen LogP contribution in [0.5, 0.6) is 0 Å². The van der Waals surface area contributed by atoms with Crippen molar-refractivity contribution in [1.29, 1.82) is 0 Å². The Labute approximate surface area is 83.4 Å². The smallest absolute Gasteiger partial charge is 0.317 e. The number of carbonyl (C=O) groups excluding carboxylic acids is 1. The average molecular weight is 194 g/mol. The molecule has 0 aliphatic heterocycles. The standard InChI is InChI=1S/C11H14O3/c1-3-14-10(12)11-5-4-8(11)6-9(7-11)13-2/h4-6,8H,3,7H2,1-2H3. The largest absolute Gasteiger partial charge is 0.501 e. The topological polar surface area (TPSA) is 35.5 Å². The van der Waals surface area contributed by atoms with Gasteiger partial charge >= 0.3 is 5.97 Å². The normalized spacial score (nSPS) is 33.0. The molecular weight excluding hydrogens is 180 g/mol. The summed E-state index contributed by atoms with van der Waals surface area (Å²) in [6.07, 6.45) is 6.58. The first-order chi connectivity index (χ1) is 6.73. The third-order valence-corrected chi connectivity index (χ3v) is 2.95. The Kier molecular flexibility index (Phi) is 2.10. The zero-order valence-electron chi connectivity index (χ0n) is 8.45. The number of hydrogen-bond donors (Lipinski definition) is 0. The maximum atomic E-state index is 11.7. The van der Waals surface area contributed by atoms with Crippen molar-refractivity contribution in [2.24, 2.45) is 11.3 Å². The van der Waals surface area contributed by atoms with Gasteiger partial charge in [0.05, 0.1) is 19.5 Å². The predicted octanol–water partition coefficient (Wildman–Crippen LogP) is 1.66. The molecular formula is C11H14O3. The van der Waals surface area contributed by atoms with Crippen molar-refractivity contribution in [2.45, 2.75) is 13.3 Å². The van der Waals surface area contributed by atoms with Crippen LogP contribution in [-0.4, -0.2) is 19.7 Å². The number of rotatable bonds is 3. The first kappa shape index (κ1) is 9.31. The first-order valence-electron chi connectivity index (χ1n) is 4.84. The predicted molar refractivity (Wildman–Crippen MR) is 51.4 cm³/mol. The molecule has 0 radical (unpaired) electrons. The van der Waals surface area contributed by atoms with Gasteiger partial charge < -0.3 is 9.47 Å². The second-order valence-corrected chi connectivity index (χ2v) is 3.66. The molecule has 2 aliphatic rings. The van der Waals surface area contributed by atoms with E-state index >= 15 is 0 Å². The first-order valence-corrected chi connectivity index (χ1v) is 4.84. The molecule has 3 nitrogen and oxygen atoms in total. The highest BCUT2D eigenvalue weighted by Crippen LogP contribution is 2.51. The van der Waals surface area contributed by atoms with Gasteiger partial charge in [-0.1, -0.05) is 12.2 Å². The molecule has 3 heteroatoms. The molecule has 2 aliphatic carbocycles. The fourth-order valence-corrected chi connectivity index (χ4v) is 2.05. The number of esters is 1. The van der Waals surface area contributed by atoms with Crippen molar-refractivity contribution < 1.29 is 14.3 Å². The Hall–Kier alpha value is -1.25. The lowest BCUT2D eigenvalue weighted by molar-refractivity contribution is -0.154. The Balaban J connectivity index is 2.13. The molecule has 0 aromatic rings. The van der Waals surface area contributed by atoms with Gasteiger partial charge in [0.15, 0.2) is 0 Å². The highest BCUT2D eigenvalue weighted by molar-refractivity contribution is 5.83. The monoisotopic (exact) mass is 194 g/mol. The fourth-order valence-electron chi connectivity index (χ4n) is 2.05. The number of fused-ring (bicyclic) bond motifs is 1. The fraction of sp³-hybridized carbons (Fsp3) is 0.545. The van der Waals surface area contributed by atoms with Gasteiger partial charge in [0.2, 0.25) is 0 Å². The van der Waals surface area contributed by atoms with Crippen LogP contribution in [0, 0.1) is 11.3 Å². The van der Waals surface area contributed by atoms with Gasteiger partial charge in [-0.3, -0.25) is 4.79 Å². The summed E-state index contributed by atoms with van der Waals surface area (Å²) >= 11 is 0. The van der Waals surface area contributed by atoms with Crippen LogP contribution in [0.3, 0.4) is 0 Å². The van der Waals surface area contributed by atoms with Gasteiger partial charge in [-0.15, -0.1) is 0 Å². The second kappa shape index (κ2) is 3.15. The molecule has 0 saturated carbocycles. The lowest BCUT2D eigenvalue weighted by Crippen LogP contribution is -2.39. The van der Waals surface area contributed by atoms with Crippen LogP contribution < -0.4 is 0 Å². The van der Waals surface area contributed by atoms with Gasteiger partial charge in [-0.05, 0) is 13.0 Å². The molecule has 2 unspecified atom stereocenters. The zero-order chi connectivity index (χ0) is 10.2. The summed E-state index contributed by atoms with van der Waals surface area (Å²) in [6.45, 7) is 2.26. The van der Waals surface area contributed by atoms with Crippen molar-refractivity contribution in [3.05, 3.63) is 24.0 Å². The minimum absolute atomic E-state index is 0.129. The lowest BCUT2D eigenvalue weighted by atomic mass is 9.69. The van der Waals surface area contributed by atoms with Crippen LogP contribution in [0.25, 0.3) is 0 Å². The highest BCUT2D eigenvalue weighted by Gasteiger charge is 2.52. The van der Waals surface area contributed by atoms with Gasteiger partial charge in [0, 0.05) is 12.3 Å². The van der Waals surface area contributed by atoms with E-state index < -0.39 is 5.41 Å². The second-order valence-electron chi connectivity index (χ2n) is 3.66. The van der Waals surface area contributed by atoms with E-state index in [0.29, 0.717) is 13.0 Å². The summed E-state index contributed by atoms with van der Waals surface area (Å²) in [4.78, 5) is 11.7. The number of carbonyl (C=O) groups is 1. The number of hydrogen-bond acceptors (Lipinski definition) is 3. The van der Waals surface area contributed by atoms with E-state index in [1.54, 1.807) is 7.11 Å². The molecule has 0 fully saturated rings. The molecule has 0 saturated heterocycles. The van der Waals surface area contributed by atoms with Gasteiger partial charge in [0.1, 0.15) is 5.41 Å². The van der Waals surface area contributed by atoms with Crippen molar-refractivity contribution in [1.82, 2.24) is 0 Å². The Morgan fingerprint density at radius 3 is 3.00 bits per heavy atom. The van der Waals surface area contributed by atoms with Gasteiger partial charge in [0.25, 0.3) is 0 Å². The van der Waals surface area contributed by atoms with Crippen LogP contribution in [0.1, 0.15) is 13.3 Å². The molecule has 0 aromatic heterocycles. The van der Waals surface area contributed by atoms with E-state index in [1.807, 2.05) is 25.2 Å². The number of allylic oxidation sites excluding steroid dienone is 3. The number of ether oxygens (including phenoxy) is 2. The number of methoxy groups -OCH3 is 1. The lowest BCUT2D eigenvalue weighted by Gasteiger charge is -2.34. The van der Waals surface area contributed by atoms with Crippen LogP contribution in [-0.2, 0) is 14.3 Å². The summed E-state index contributed by atoms with van der Waals surface area (Å²) in [7, 11) is 1.63. The van der Waals surface area contributed by atoms with Crippen LogP contribution >= 0.6 is 0 Å². The SMILES string of the molecule is CCOC(=O)C12C=CC1C=C(OC)C2. The molecule has 0 aromatic carbocycles. The molecule has 0 amide bonds. The molecule has 0 bridgehead atoms. The van der Waals surface area contributed by atoms with Gasteiger partial charge in [-0.25, -0.2) is 0 Å². The third kappa shape index (κ3) is 1.08. The zero-order valence-corrected chi connectivity index (χ0v) is 8.45. The summed E-state index contributed by atoms with van der Waals surface area (Å²) in [6, 6.07) is 0. The minimum Gasteiger partial charge on any atom is -0.501 e. The van der Waals surface area contributed by atoms with E-state index in [-0.39, 0.29) is 11.9 Å². The summed E-state index contributed by atoms with van der Waals surface area (Å²) in [5, 5.41) is 0. The average Bonchev–Trinajstić information content (AvgIpc) is 2.40. The van der Waals surface area contributed by atoms with Crippen LogP contribution in [0.2, 0.25) is 0 Å². The Morgan fingerprint density at radius 2 is 2.50 bits per heavy atom. The summed E-state index contributed by atoms with van der Waals surface area (Å²) in [5.41, 5.74) is -0.443. The quantitative estimate of drug-likeness (QED) is 0.506. The Bertz CT molecular complexity index is 316. The van der Waals surface area contributed by atoms with E-state index in [4.69, 9.17) is 9.47 Å². The highest BCUT2D eigenvalue weighted by atomic mass is 16.5. The van der Waals surface area contributed by atoms with E-state index in [1.165, 1.54) is 0 Å². The molecule has 0 spiro atoms. The summed E-state index contributed by atoms with van der Waals surface area (Å²) in [5.74, 6) is 0.931. The molecule has 0 heterocycles.